The molecule has 4 heteroatoms. The minimum absolute atomic E-state index is 0.694. The van der Waals surface area contributed by atoms with Crippen molar-refractivity contribution in [1.82, 2.24) is 4.98 Å². The summed E-state index contributed by atoms with van der Waals surface area (Å²) in [5.41, 5.74) is 8.72. The molecule has 0 aliphatic carbocycles. The number of nitrogens with zero attached hydrogens (tertiary/aromatic N) is 1. The van der Waals surface area contributed by atoms with Gasteiger partial charge in [-0.05, 0) is 46.5 Å². The van der Waals surface area contributed by atoms with Crippen LogP contribution in [0.5, 0.6) is 0 Å². The van der Waals surface area contributed by atoms with Gasteiger partial charge in [0, 0.05) is 28.3 Å². The summed E-state index contributed by atoms with van der Waals surface area (Å²) in [6.07, 6.45) is 2.94. The van der Waals surface area contributed by atoms with Gasteiger partial charge in [-0.1, -0.05) is 13.8 Å². The number of hydrogen-bond donors (Lipinski definition) is 2. The van der Waals surface area contributed by atoms with E-state index in [0.717, 1.165) is 39.7 Å². The van der Waals surface area contributed by atoms with Crippen molar-refractivity contribution in [3.05, 3.63) is 28.9 Å². The molecule has 2 aromatic rings. The van der Waals surface area contributed by atoms with Gasteiger partial charge in [-0.3, -0.25) is 4.98 Å². The first-order valence-corrected chi connectivity index (χ1v) is 6.95. The molecule has 1 aromatic heterocycles. The molecule has 96 valence electrons. The number of nitrogens with two attached hydrogens (primary N) is 1. The molecule has 0 atom stereocenters. The van der Waals surface area contributed by atoms with Crippen molar-refractivity contribution in [2.45, 2.75) is 20.3 Å². The molecule has 0 fully saturated rings. The Balaban J connectivity index is 2.31. The van der Waals surface area contributed by atoms with Gasteiger partial charge in [-0.15, -0.1) is 0 Å². The summed E-state index contributed by atoms with van der Waals surface area (Å²) in [5.74, 6) is 0.694. The topological polar surface area (TPSA) is 50.9 Å². The summed E-state index contributed by atoms with van der Waals surface area (Å²) in [6, 6.07) is 5.93. The quantitative estimate of drug-likeness (QED) is 0.838. The first-order chi connectivity index (χ1) is 8.58. The van der Waals surface area contributed by atoms with Gasteiger partial charge in [0.15, 0.2) is 0 Å². The van der Waals surface area contributed by atoms with Crippen LogP contribution in [0.1, 0.15) is 20.3 Å². The normalized spacial score (nSPS) is 11.1. The summed E-state index contributed by atoms with van der Waals surface area (Å²) in [4.78, 5) is 4.45. The number of nitrogen functional groups attached to an aromatic ring is 1. The molecule has 0 saturated heterocycles. The lowest BCUT2D eigenvalue weighted by Crippen LogP contribution is -2.06. The van der Waals surface area contributed by atoms with Crippen LogP contribution in [0.4, 0.5) is 11.4 Å². The number of benzene rings is 1. The zero-order valence-electron chi connectivity index (χ0n) is 10.7. The second kappa shape index (κ2) is 5.57. The van der Waals surface area contributed by atoms with Crippen molar-refractivity contribution in [2.75, 3.05) is 17.6 Å². The maximum atomic E-state index is 5.98. The standard InChI is InChI=1S/C14H18BrN3/c1-9(2)5-6-17-13-4-3-12(16)11-7-10(15)8-18-14(11)13/h3-4,7-9,17H,5-6,16H2,1-2H3. The Labute approximate surface area is 116 Å². The van der Waals surface area contributed by atoms with E-state index in [0.29, 0.717) is 5.92 Å². The van der Waals surface area contributed by atoms with Gasteiger partial charge in [0.2, 0.25) is 0 Å². The van der Waals surface area contributed by atoms with Crippen LogP contribution in [0.3, 0.4) is 0 Å². The monoisotopic (exact) mass is 307 g/mol. The van der Waals surface area contributed by atoms with Crippen LogP contribution in [-0.4, -0.2) is 11.5 Å². The van der Waals surface area contributed by atoms with Gasteiger partial charge >= 0.3 is 0 Å². The molecular weight excluding hydrogens is 290 g/mol. The molecule has 0 bridgehead atoms. The van der Waals surface area contributed by atoms with Crippen molar-refractivity contribution >= 4 is 38.2 Å². The Morgan fingerprint density at radius 3 is 2.89 bits per heavy atom. The van der Waals surface area contributed by atoms with Crippen molar-refractivity contribution in [3.63, 3.8) is 0 Å². The molecule has 0 aliphatic rings. The van der Waals surface area contributed by atoms with Crippen molar-refractivity contribution < 1.29 is 0 Å². The summed E-state index contributed by atoms with van der Waals surface area (Å²) < 4.78 is 0.945. The average Bonchev–Trinajstić information content (AvgIpc) is 2.32. The summed E-state index contributed by atoms with van der Waals surface area (Å²) in [5, 5.41) is 4.42. The lowest BCUT2D eigenvalue weighted by Gasteiger charge is -2.12. The molecule has 1 aromatic carbocycles. The van der Waals surface area contributed by atoms with E-state index >= 15 is 0 Å². The fourth-order valence-electron chi connectivity index (χ4n) is 1.85. The number of halogens is 1. The Morgan fingerprint density at radius 2 is 2.17 bits per heavy atom. The van der Waals surface area contributed by atoms with Crippen molar-refractivity contribution in [1.29, 1.82) is 0 Å². The molecule has 0 spiro atoms. The lowest BCUT2D eigenvalue weighted by molar-refractivity contribution is 0.607. The van der Waals surface area contributed by atoms with Crippen LogP contribution in [0.25, 0.3) is 10.9 Å². The van der Waals surface area contributed by atoms with Crippen LogP contribution in [0.15, 0.2) is 28.9 Å². The highest BCUT2D eigenvalue weighted by Crippen LogP contribution is 2.28. The van der Waals surface area contributed by atoms with Crippen LogP contribution < -0.4 is 11.1 Å². The fraction of sp³-hybridized carbons (Fsp3) is 0.357. The van der Waals surface area contributed by atoms with E-state index in [2.05, 4.69) is 40.1 Å². The molecule has 18 heavy (non-hydrogen) atoms. The number of anilines is 2. The van der Waals surface area contributed by atoms with E-state index < -0.39 is 0 Å². The Kier molecular flexibility index (Phi) is 4.07. The van der Waals surface area contributed by atoms with E-state index in [9.17, 15) is 0 Å². The minimum Gasteiger partial charge on any atom is -0.398 e. The molecule has 0 unspecified atom stereocenters. The number of hydrogen-bond acceptors (Lipinski definition) is 3. The van der Waals surface area contributed by atoms with Gasteiger partial charge in [-0.2, -0.15) is 0 Å². The second-order valence-corrected chi connectivity index (χ2v) is 5.78. The summed E-state index contributed by atoms with van der Waals surface area (Å²) in [7, 11) is 0. The third kappa shape index (κ3) is 2.93. The van der Waals surface area contributed by atoms with Gasteiger partial charge in [0.25, 0.3) is 0 Å². The van der Waals surface area contributed by atoms with Crippen LogP contribution >= 0.6 is 15.9 Å². The highest BCUT2D eigenvalue weighted by molar-refractivity contribution is 9.10. The molecule has 0 aliphatic heterocycles. The highest BCUT2D eigenvalue weighted by Gasteiger charge is 2.06. The van der Waals surface area contributed by atoms with E-state index in [4.69, 9.17) is 5.73 Å². The minimum atomic E-state index is 0.694. The number of nitrogens with one attached hydrogen (secondary N) is 1. The third-order valence-electron chi connectivity index (χ3n) is 2.89. The molecule has 1 heterocycles. The Hall–Kier alpha value is -1.29. The average molecular weight is 308 g/mol. The zero-order valence-corrected chi connectivity index (χ0v) is 12.3. The van der Waals surface area contributed by atoms with Crippen LogP contribution in [0.2, 0.25) is 0 Å². The zero-order chi connectivity index (χ0) is 13.1. The largest absolute Gasteiger partial charge is 0.398 e. The van der Waals surface area contributed by atoms with Crippen LogP contribution in [0, 0.1) is 5.92 Å². The summed E-state index contributed by atoms with van der Waals surface area (Å²) in [6.45, 7) is 5.39. The smallest absolute Gasteiger partial charge is 0.0954 e. The van der Waals surface area contributed by atoms with Gasteiger partial charge < -0.3 is 11.1 Å². The molecule has 2 rings (SSSR count). The maximum Gasteiger partial charge on any atom is 0.0954 e. The lowest BCUT2D eigenvalue weighted by atomic mass is 10.1. The summed E-state index contributed by atoms with van der Waals surface area (Å²) >= 11 is 3.42. The first kappa shape index (κ1) is 13.1. The molecule has 3 nitrogen and oxygen atoms in total. The van der Waals surface area contributed by atoms with Gasteiger partial charge in [0.05, 0.1) is 11.2 Å². The molecule has 0 amide bonds. The molecule has 3 N–H and O–H groups in total. The van der Waals surface area contributed by atoms with Crippen molar-refractivity contribution in [2.24, 2.45) is 5.92 Å². The second-order valence-electron chi connectivity index (χ2n) is 4.86. The molecule has 0 radical (unpaired) electrons. The van der Waals surface area contributed by atoms with Gasteiger partial charge in [-0.25, -0.2) is 0 Å². The van der Waals surface area contributed by atoms with E-state index in [1.54, 1.807) is 6.20 Å². The van der Waals surface area contributed by atoms with E-state index in [1.165, 1.54) is 0 Å². The Morgan fingerprint density at radius 1 is 1.39 bits per heavy atom. The van der Waals surface area contributed by atoms with Gasteiger partial charge in [0.1, 0.15) is 0 Å². The third-order valence-corrected chi connectivity index (χ3v) is 3.32. The number of pyridine rings is 1. The predicted octanol–water partition coefficient (Wildman–Crippen LogP) is 4.04. The van der Waals surface area contributed by atoms with E-state index in [1.807, 2.05) is 18.2 Å². The number of rotatable bonds is 4. The predicted molar refractivity (Wildman–Crippen MR) is 81.8 cm³/mol. The first-order valence-electron chi connectivity index (χ1n) is 6.15. The Bertz CT molecular complexity index is 552. The van der Waals surface area contributed by atoms with Crippen LogP contribution in [-0.2, 0) is 0 Å². The number of aromatic nitrogens is 1. The molecular formula is C14H18BrN3. The van der Waals surface area contributed by atoms with E-state index in [-0.39, 0.29) is 0 Å². The highest BCUT2D eigenvalue weighted by atomic mass is 79.9. The SMILES string of the molecule is CC(C)CCNc1ccc(N)c2cc(Br)cnc12. The maximum absolute atomic E-state index is 5.98. The fourth-order valence-corrected chi connectivity index (χ4v) is 2.19. The number of fused-ring (bicyclic) bond motifs is 1. The van der Waals surface area contributed by atoms with Crippen molar-refractivity contribution in [3.8, 4) is 0 Å². The molecule has 0 saturated carbocycles.